The second-order valence-electron chi connectivity index (χ2n) is 4.71. The zero-order chi connectivity index (χ0) is 11.5. The second kappa shape index (κ2) is 4.83. The van der Waals surface area contributed by atoms with Gasteiger partial charge in [-0.3, -0.25) is 4.78 Å². The molecule has 0 amide bonds. The largest absolute Gasteiger partial charge is 0.306 e. The van der Waals surface area contributed by atoms with Crippen molar-refractivity contribution < 1.29 is 4.21 Å². The number of piperidine rings is 1. The van der Waals surface area contributed by atoms with Crippen LogP contribution in [0.25, 0.3) is 0 Å². The van der Waals surface area contributed by atoms with Crippen LogP contribution in [0, 0.1) is 10.2 Å². The zero-order valence-electron chi connectivity index (χ0n) is 10.2. The second-order valence-corrected chi connectivity index (χ2v) is 7.03. The third kappa shape index (κ3) is 3.18. The van der Waals surface area contributed by atoms with Gasteiger partial charge in [0.15, 0.2) is 0 Å². The Kier molecular flexibility index (Phi) is 4.18. The first-order chi connectivity index (χ1) is 7.02. The Labute approximate surface area is 94.2 Å². The highest BCUT2D eigenvalue weighted by Crippen LogP contribution is 2.41. The lowest BCUT2D eigenvalue weighted by Crippen LogP contribution is -2.38. The van der Waals surface area contributed by atoms with E-state index in [2.05, 4.69) is 11.9 Å². The summed E-state index contributed by atoms with van der Waals surface area (Å²) in [6, 6.07) is 0. The van der Waals surface area contributed by atoms with Gasteiger partial charge in [0.05, 0.1) is 0 Å². The molecule has 2 heterocycles. The number of nitrogens with zero attached hydrogens (tertiary/aromatic N) is 1. The molecule has 1 atom stereocenters. The standard InChI is InChI=1S/C9H18N2OS.C2H6/c1-11-5-2-9(3-6-11)4-7-13(10,12)8-9;1-2/h10H,2-8H2,1H3;1-2H3. The SMILES string of the molecule is CC.CN1CCC2(CC1)CCS(=N)(=O)C2. The molecule has 0 aromatic carbocycles. The van der Waals surface area contributed by atoms with Crippen LogP contribution in [0.4, 0.5) is 0 Å². The van der Waals surface area contributed by atoms with E-state index in [4.69, 9.17) is 4.78 Å². The van der Waals surface area contributed by atoms with E-state index in [1.807, 2.05) is 13.8 Å². The Morgan fingerprint density at radius 1 is 1.20 bits per heavy atom. The molecule has 2 fully saturated rings. The zero-order valence-corrected chi connectivity index (χ0v) is 11.0. The molecular formula is C11H24N2OS. The molecule has 0 radical (unpaired) electrons. The third-order valence-electron chi connectivity index (χ3n) is 3.55. The summed E-state index contributed by atoms with van der Waals surface area (Å²) in [6.07, 6.45) is 3.34. The predicted molar refractivity (Wildman–Crippen MR) is 65.7 cm³/mol. The molecule has 4 heteroatoms. The fraction of sp³-hybridized carbons (Fsp3) is 1.00. The van der Waals surface area contributed by atoms with Gasteiger partial charge >= 0.3 is 0 Å². The van der Waals surface area contributed by atoms with E-state index >= 15 is 0 Å². The van der Waals surface area contributed by atoms with Crippen molar-refractivity contribution in [2.24, 2.45) is 5.41 Å². The molecular weight excluding hydrogens is 208 g/mol. The molecule has 1 N–H and O–H groups in total. The normalized spacial score (nSPS) is 34.9. The molecule has 0 saturated carbocycles. The minimum absolute atomic E-state index is 0.283. The maximum Gasteiger partial charge on any atom is 0.0447 e. The van der Waals surface area contributed by atoms with Crippen molar-refractivity contribution >= 4 is 9.73 Å². The Bertz CT molecular complexity index is 290. The Morgan fingerprint density at radius 3 is 2.13 bits per heavy atom. The fourth-order valence-electron chi connectivity index (χ4n) is 2.51. The average Bonchev–Trinajstić information content (AvgIpc) is 2.51. The quantitative estimate of drug-likeness (QED) is 0.695. The maximum absolute atomic E-state index is 11.6. The Hall–Kier alpha value is -0.0900. The van der Waals surface area contributed by atoms with Gasteiger partial charge in [-0.2, -0.15) is 0 Å². The summed E-state index contributed by atoms with van der Waals surface area (Å²) < 4.78 is 19.2. The van der Waals surface area contributed by atoms with E-state index in [1.165, 1.54) is 0 Å². The number of hydrogen-bond acceptors (Lipinski definition) is 3. The number of hydrogen-bond donors (Lipinski definition) is 1. The summed E-state index contributed by atoms with van der Waals surface area (Å²) in [6.45, 7) is 6.24. The summed E-state index contributed by atoms with van der Waals surface area (Å²) in [5.41, 5.74) is 0.283. The van der Waals surface area contributed by atoms with Gasteiger partial charge in [-0.15, -0.1) is 0 Å². The van der Waals surface area contributed by atoms with Gasteiger partial charge in [0.25, 0.3) is 0 Å². The third-order valence-corrected chi connectivity index (χ3v) is 5.49. The van der Waals surface area contributed by atoms with Crippen LogP contribution in [-0.2, 0) is 9.73 Å². The Morgan fingerprint density at radius 2 is 1.73 bits per heavy atom. The molecule has 1 unspecified atom stereocenters. The van der Waals surface area contributed by atoms with E-state index < -0.39 is 9.73 Å². The predicted octanol–water partition coefficient (Wildman–Crippen LogP) is 2.18. The maximum atomic E-state index is 11.6. The molecule has 3 nitrogen and oxygen atoms in total. The van der Waals surface area contributed by atoms with Gasteiger partial charge in [0.1, 0.15) is 0 Å². The summed E-state index contributed by atoms with van der Waals surface area (Å²) >= 11 is 0. The molecule has 15 heavy (non-hydrogen) atoms. The van der Waals surface area contributed by atoms with Crippen LogP contribution < -0.4 is 0 Å². The van der Waals surface area contributed by atoms with E-state index in [9.17, 15) is 4.21 Å². The van der Waals surface area contributed by atoms with E-state index in [1.54, 1.807) is 0 Å². The van der Waals surface area contributed by atoms with Gasteiger partial charge in [0, 0.05) is 21.2 Å². The lowest BCUT2D eigenvalue weighted by atomic mass is 9.78. The summed E-state index contributed by atoms with van der Waals surface area (Å²) in [7, 11) is -0.0516. The van der Waals surface area contributed by atoms with Crippen LogP contribution in [-0.4, -0.2) is 40.8 Å². The molecule has 0 aliphatic carbocycles. The van der Waals surface area contributed by atoms with Gasteiger partial charge < -0.3 is 4.90 Å². The van der Waals surface area contributed by atoms with E-state index in [0.717, 1.165) is 32.4 Å². The average molecular weight is 232 g/mol. The van der Waals surface area contributed by atoms with Crippen molar-refractivity contribution in [2.75, 3.05) is 31.6 Å². The van der Waals surface area contributed by atoms with Crippen LogP contribution >= 0.6 is 0 Å². The molecule has 0 aromatic heterocycles. The lowest BCUT2D eigenvalue weighted by molar-refractivity contribution is 0.145. The van der Waals surface area contributed by atoms with Crippen molar-refractivity contribution in [1.82, 2.24) is 4.90 Å². The number of likely N-dealkylation sites (tertiary alicyclic amines) is 1. The van der Waals surface area contributed by atoms with E-state index in [0.29, 0.717) is 11.5 Å². The smallest absolute Gasteiger partial charge is 0.0447 e. The molecule has 0 bridgehead atoms. The number of nitrogens with one attached hydrogen (secondary N) is 1. The van der Waals surface area contributed by atoms with Crippen molar-refractivity contribution in [3.63, 3.8) is 0 Å². The van der Waals surface area contributed by atoms with Crippen LogP contribution in [0.5, 0.6) is 0 Å². The number of rotatable bonds is 0. The first-order valence-electron chi connectivity index (χ1n) is 5.94. The Balaban J connectivity index is 0.000000531. The first-order valence-corrected chi connectivity index (χ1v) is 7.84. The lowest BCUT2D eigenvalue weighted by Gasteiger charge is -2.36. The highest BCUT2D eigenvalue weighted by molar-refractivity contribution is 7.92. The minimum atomic E-state index is -2.19. The summed E-state index contributed by atoms with van der Waals surface area (Å²) in [5.74, 6) is 1.32. The fourth-order valence-corrected chi connectivity index (χ4v) is 4.84. The molecule has 2 aliphatic rings. The highest BCUT2D eigenvalue weighted by atomic mass is 32.2. The van der Waals surface area contributed by atoms with Crippen LogP contribution in [0.2, 0.25) is 0 Å². The summed E-state index contributed by atoms with van der Waals surface area (Å²) in [5, 5.41) is 0. The molecule has 1 spiro atoms. The van der Waals surface area contributed by atoms with Crippen molar-refractivity contribution in [3.8, 4) is 0 Å². The molecule has 90 valence electrons. The topological polar surface area (TPSA) is 44.2 Å². The first kappa shape index (κ1) is 13.0. The van der Waals surface area contributed by atoms with Crippen molar-refractivity contribution in [1.29, 1.82) is 4.78 Å². The highest BCUT2D eigenvalue weighted by Gasteiger charge is 2.41. The summed E-state index contributed by atoms with van der Waals surface area (Å²) in [4.78, 5) is 2.33. The van der Waals surface area contributed by atoms with Gasteiger partial charge in [0.2, 0.25) is 0 Å². The monoisotopic (exact) mass is 232 g/mol. The molecule has 0 aromatic rings. The van der Waals surface area contributed by atoms with Crippen LogP contribution in [0.1, 0.15) is 33.1 Å². The minimum Gasteiger partial charge on any atom is -0.306 e. The van der Waals surface area contributed by atoms with Gasteiger partial charge in [-0.1, -0.05) is 13.8 Å². The van der Waals surface area contributed by atoms with Crippen LogP contribution in [0.15, 0.2) is 0 Å². The van der Waals surface area contributed by atoms with Crippen LogP contribution in [0.3, 0.4) is 0 Å². The van der Waals surface area contributed by atoms with Gasteiger partial charge in [-0.05, 0) is 44.8 Å². The van der Waals surface area contributed by atoms with Crippen molar-refractivity contribution in [2.45, 2.75) is 33.1 Å². The van der Waals surface area contributed by atoms with E-state index in [-0.39, 0.29) is 5.41 Å². The molecule has 2 rings (SSSR count). The van der Waals surface area contributed by atoms with Gasteiger partial charge in [-0.25, -0.2) is 4.21 Å². The van der Waals surface area contributed by atoms with Crippen molar-refractivity contribution in [3.05, 3.63) is 0 Å². The molecule has 2 saturated heterocycles. The molecule has 2 aliphatic heterocycles.